The summed E-state index contributed by atoms with van der Waals surface area (Å²) < 4.78 is 40.7. The topological polar surface area (TPSA) is 68.5 Å². The van der Waals surface area contributed by atoms with Crippen molar-refractivity contribution in [2.75, 3.05) is 0 Å². The number of fused-ring (bicyclic) bond motifs is 1. The molecule has 0 atom stereocenters. The lowest BCUT2D eigenvalue weighted by Gasteiger charge is -2.07. The summed E-state index contributed by atoms with van der Waals surface area (Å²) in [6.45, 7) is 0. The Kier molecular flexibility index (Phi) is 5.40. The van der Waals surface area contributed by atoms with Crippen LogP contribution in [0.1, 0.15) is 22.3 Å². The van der Waals surface area contributed by atoms with Gasteiger partial charge in [-0.1, -0.05) is 23.7 Å². The molecule has 0 N–H and O–H groups in total. The third-order valence-corrected chi connectivity index (χ3v) is 6.70. The molecule has 0 spiro atoms. The smallest absolute Gasteiger partial charge is 0.206 e. The van der Waals surface area contributed by atoms with Crippen LogP contribution < -0.4 is 0 Å². The quantitative estimate of drug-likeness (QED) is 0.403. The van der Waals surface area contributed by atoms with Crippen LogP contribution in [0.15, 0.2) is 83.0 Å². The minimum absolute atomic E-state index is 0.0117. The zero-order valence-corrected chi connectivity index (χ0v) is 17.2. The number of aryl methyl sites for hydroxylation is 1. The molecule has 0 unspecified atom stereocenters. The van der Waals surface area contributed by atoms with Gasteiger partial charge >= 0.3 is 0 Å². The van der Waals surface area contributed by atoms with Gasteiger partial charge in [0.25, 0.3) is 0 Å². The fourth-order valence-electron chi connectivity index (χ4n) is 3.14. The van der Waals surface area contributed by atoms with Crippen molar-refractivity contribution >= 4 is 32.9 Å². The van der Waals surface area contributed by atoms with E-state index in [1.54, 1.807) is 47.3 Å². The van der Waals surface area contributed by atoms with Crippen LogP contribution in [-0.2, 0) is 16.3 Å². The molecule has 0 fully saturated rings. The molecular weight excluding hydrogens is 427 g/mol. The number of rotatable bonds is 6. The number of imidazole rings is 1. The predicted molar refractivity (Wildman–Crippen MR) is 111 cm³/mol. The van der Waals surface area contributed by atoms with Gasteiger partial charge in [-0.25, -0.2) is 17.8 Å². The van der Waals surface area contributed by atoms with Gasteiger partial charge in [0.05, 0.1) is 9.79 Å². The normalized spacial score (nSPS) is 11.7. The molecule has 0 saturated heterocycles. The van der Waals surface area contributed by atoms with Crippen LogP contribution in [-0.4, -0.2) is 23.6 Å². The number of hydrogen-bond donors (Lipinski definition) is 0. The number of carbonyl (C=O) groups excluding carboxylic acids is 1. The van der Waals surface area contributed by atoms with E-state index in [2.05, 4.69) is 4.98 Å². The monoisotopic (exact) mass is 442 g/mol. The summed E-state index contributed by atoms with van der Waals surface area (Å²) in [4.78, 5) is 16.5. The van der Waals surface area contributed by atoms with Crippen molar-refractivity contribution in [1.82, 2.24) is 9.38 Å². The van der Waals surface area contributed by atoms with Crippen LogP contribution in [0.4, 0.5) is 4.39 Å². The molecule has 4 rings (SSSR count). The minimum atomic E-state index is -3.89. The van der Waals surface area contributed by atoms with Crippen molar-refractivity contribution in [2.24, 2.45) is 0 Å². The van der Waals surface area contributed by atoms with Gasteiger partial charge in [0.2, 0.25) is 9.84 Å². The second-order valence-electron chi connectivity index (χ2n) is 6.79. The number of pyridine rings is 1. The Hall–Kier alpha value is -3.03. The number of Topliss-reactive ketones (excluding diaryl/α,β-unsaturated/α-hetero) is 1. The van der Waals surface area contributed by atoms with Gasteiger partial charge in [-0.2, -0.15) is 0 Å². The molecule has 2 heterocycles. The molecule has 2 aromatic carbocycles. The molecule has 152 valence electrons. The summed E-state index contributed by atoms with van der Waals surface area (Å²) in [5, 5.41) is 0.0117. The van der Waals surface area contributed by atoms with E-state index < -0.39 is 15.7 Å². The molecule has 0 saturated carbocycles. The third kappa shape index (κ3) is 4.13. The first-order chi connectivity index (χ1) is 14.3. The second kappa shape index (κ2) is 8.01. The Labute approximate surface area is 177 Å². The maximum Gasteiger partial charge on any atom is 0.206 e. The highest BCUT2D eigenvalue weighted by Gasteiger charge is 2.19. The Bertz CT molecular complexity index is 1330. The summed E-state index contributed by atoms with van der Waals surface area (Å²) in [6, 6.07) is 12.9. The molecule has 8 heteroatoms. The van der Waals surface area contributed by atoms with Crippen molar-refractivity contribution in [3.8, 4) is 0 Å². The highest BCUT2D eigenvalue weighted by molar-refractivity contribution is 7.91. The Morgan fingerprint density at radius 1 is 1.03 bits per heavy atom. The maximum absolute atomic E-state index is 13.5. The molecule has 2 aromatic heterocycles. The first-order valence-corrected chi connectivity index (χ1v) is 10.9. The lowest BCUT2D eigenvalue weighted by Crippen LogP contribution is -2.04. The SMILES string of the molecule is O=C(CCc1ccc(S(=O)(=O)c2cc(F)cc(Cl)c2)cc1)c1ccc2nccn2c1. The van der Waals surface area contributed by atoms with Crippen LogP contribution in [0.2, 0.25) is 5.02 Å². The second-order valence-corrected chi connectivity index (χ2v) is 9.17. The molecule has 0 bridgehead atoms. The summed E-state index contributed by atoms with van der Waals surface area (Å²) in [5.41, 5.74) is 2.17. The number of nitrogens with zero attached hydrogens (tertiary/aromatic N) is 2. The lowest BCUT2D eigenvalue weighted by atomic mass is 10.0. The van der Waals surface area contributed by atoms with Crippen LogP contribution >= 0.6 is 11.6 Å². The summed E-state index contributed by atoms with van der Waals surface area (Å²) in [5.74, 6) is -0.734. The zero-order chi connectivity index (χ0) is 21.3. The van der Waals surface area contributed by atoms with Gasteiger partial charge < -0.3 is 4.40 Å². The van der Waals surface area contributed by atoms with Gasteiger partial charge in [-0.05, 0) is 54.4 Å². The summed E-state index contributed by atoms with van der Waals surface area (Å²) in [7, 11) is -3.89. The van der Waals surface area contributed by atoms with Gasteiger partial charge in [-0.3, -0.25) is 4.79 Å². The lowest BCUT2D eigenvalue weighted by molar-refractivity contribution is 0.0982. The van der Waals surface area contributed by atoms with E-state index in [9.17, 15) is 17.6 Å². The first-order valence-electron chi connectivity index (χ1n) is 9.09. The summed E-state index contributed by atoms with van der Waals surface area (Å²) >= 11 is 5.77. The van der Waals surface area contributed by atoms with E-state index in [-0.39, 0.29) is 27.0 Å². The van der Waals surface area contributed by atoms with E-state index in [4.69, 9.17) is 11.6 Å². The first kappa shape index (κ1) is 20.3. The number of aromatic nitrogens is 2. The number of ketones is 1. The average molecular weight is 443 g/mol. The molecule has 0 aliphatic heterocycles. The molecule has 0 aliphatic carbocycles. The van der Waals surface area contributed by atoms with Crippen LogP contribution in [0.3, 0.4) is 0 Å². The molecule has 30 heavy (non-hydrogen) atoms. The summed E-state index contributed by atoms with van der Waals surface area (Å²) in [6.07, 6.45) is 5.93. The number of sulfone groups is 1. The highest BCUT2D eigenvalue weighted by atomic mass is 35.5. The number of halogens is 2. The Morgan fingerprint density at radius 3 is 2.53 bits per heavy atom. The highest BCUT2D eigenvalue weighted by Crippen LogP contribution is 2.25. The fraction of sp³-hybridized carbons (Fsp3) is 0.0909. The molecule has 0 aliphatic rings. The van der Waals surface area contributed by atoms with Crippen molar-refractivity contribution in [1.29, 1.82) is 0 Å². The molecule has 0 amide bonds. The van der Waals surface area contributed by atoms with Crippen LogP contribution in [0.25, 0.3) is 5.65 Å². The Morgan fingerprint density at radius 2 is 1.80 bits per heavy atom. The standard InChI is InChI=1S/C22H16ClFN2O3S/c23-17-11-18(24)13-20(12-17)30(28,29)19-5-1-15(2-6-19)3-7-21(27)16-4-8-22-25-9-10-26(22)14-16/h1-2,4-6,8-14H,3,7H2. The maximum atomic E-state index is 13.5. The largest absolute Gasteiger partial charge is 0.306 e. The number of hydrogen-bond acceptors (Lipinski definition) is 4. The molecule has 5 nitrogen and oxygen atoms in total. The number of benzene rings is 2. The van der Waals surface area contributed by atoms with Crippen molar-refractivity contribution < 1.29 is 17.6 Å². The van der Waals surface area contributed by atoms with E-state index in [1.165, 1.54) is 18.2 Å². The molecular formula is C22H16ClFN2O3S. The molecule has 0 radical (unpaired) electrons. The van der Waals surface area contributed by atoms with Crippen molar-refractivity contribution in [3.05, 3.63) is 95.2 Å². The number of carbonyl (C=O) groups is 1. The van der Waals surface area contributed by atoms with E-state index in [0.717, 1.165) is 23.3 Å². The van der Waals surface area contributed by atoms with Gasteiger partial charge in [0, 0.05) is 35.6 Å². The third-order valence-electron chi connectivity index (χ3n) is 4.73. The van der Waals surface area contributed by atoms with Gasteiger partial charge in [0.15, 0.2) is 5.78 Å². The Balaban J connectivity index is 1.47. The van der Waals surface area contributed by atoms with E-state index in [0.29, 0.717) is 12.0 Å². The minimum Gasteiger partial charge on any atom is -0.306 e. The van der Waals surface area contributed by atoms with E-state index in [1.807, 2.05) is 0 Å². The van der Waals surface area contributed by atoms with Gasteiger partial charge in [-0.15, -0.1) is 0 Å². The van der Waals surface area contributed by atoms with Crippen LogP contribution in [0, 0.1) is 5.82 Å². The average Bonchev–Trinajstić information content (AvgIpc) is 3.19. The fourth-order valence-corrected chi connectivity index (χ4v) is 4.75. The zero-order valence-electron chi connectivity index (χ0n) is 15.6. The van der Waals surface area contributed by atoms with E-state index >= 15 is 0 Å². The predicted octanol–water partition coefficient (Wildman–Crippen LogP) is 4.78. The molecule has 4 aromatic rings. The van der Waals surface area contributed by atoms with Gasteiger partial charge in [0.1, 0.15) is 11.5 Å². The van der Waals surface area contributed by atoms with Crippen molar-refractivity contribution in [2.45, 2.75) is 22.6 Å². The van der Waals surface area contributed by atoms with Crippen molar-refractivity contribution in [3.63, 3.8) is 0 Å². The van der Waals surface area contributed by atoms with Crippen LogP contribution in [0.5, 0.6) is 0 Å².